The highest BCUT2D eigenvalue weighted by Crippen LogP contribution is 2.46. The number of carbonyl (C=O) groups is 1. The highest BCUT2D eigenvalue weighted by molar-refractivity contribution is 5.75. The van der Waals surface area contributed by atoms with Crippen molar-refractivity contribution >= 4 is 5.97 Å². The first-order valence-electron chi connectivity index (χ1n) is 10.4. The second kappa shape index (κ2) is 7.98. The van der Waals surface area contributed by atoms with Crippen molar-refractivity contribution in [1.29, 1.82) is 0 Å². The van der Waals surface area contributed by atoms with Crippen LogP contribution in [0.5, 0.6) is 5.75 Å². The predicted octanol–water partition coefficient (Wildman–Crippen LogP) is 5.41. The number of oxazole rings is 1. The topological polar surface area (TPSA) is 72.6 Å². The molecule has 0 amide bonds. The Labute approximate surface area is 176 Å². The Kier molecular flexibility index (Phi) is 5.37. The smallest absolute Gasteiger partial charge is 0.309 e. The van der Waals surface area contributed by atoms with Crippen molar-refractivity contribution in [2.75, 3.05) is 6.61 Å². The number of carboxylic acid groups (broad SMARTS) is 1. The van der Waals surface area contributed by atoms with Gasteiger partial charge >= 0.3 is 5.97 Å². The van der Waals surface area contributed by atoms with Crippen LogP contribution in [-0.2, 0) is 17.6 Å². The lowest BCUT2D eigenvalue weighted by molar-refractivity contribution is -0.148. The molecule has 156 valence electrons. The third-order valence-electron chi connectivity index (χ3n) is 6.14. The van der Waals surface area contributed by atoms with Gasteiger partial charge in [0.25, 0.3) is 0 Å². The van der Waals surface area contributed by atoms with E-state index in [4.69, 9.17) is 9.15 Å². The van der Waals surface area contributed by atoms with Gasteiger partial charge in [0.2, 0.25) is 5.89 Å². The molecule has 5 nitrogen and oxygen atoms in total. The Morgan fingerprint density at radius 3 is 2.73 bits per heavy atom. The number of hydrogen-bond donors (Lipinski definition) is 1. The summed E-state index contributed by atoms with van der Waals surface area (Å²) < 4.78 is 11.8. The van der Waals surface area contributed by atoms with Gasteiger partial charge in [-0.2, -0.15) is 0 Å². The lowest BCUT2D eigenvalue weighted by Gasteiger charge is -2.27. The fraction of sp³-hybridized carbons (Fsp3) is 0.360. The summed E-state index contributed by atoms with van der Waals surface area (Å²) in [6.07, 6.45) is 2.41. The monoisotopic (exact) mass is 405 g/mol. The Hall–Kier alpha value is -3.08. The molecule has 1 N–H and O–H groups in total. The molecule has 0 bridgehead atoms. The van der Waals surface area contributed by atoms with Crippen LogP contribution in [0.1, 0.15) is 48.8 Å². The second-order valence-corrected chi connectivity index (χ2v) is 8.47. The van der Waals surface area contributed by atoms with Gasteiger partial charge in [0.05, 0.1) is 17.7 Å². The lowest BCUT2D eigenvalue weighted by Crippen LogP contribution is -2.30. The summed E-state index contributed by atoms with van der Waals surface area (Å²) in [6.45, 7) is 6.05. The van der Waals surface area contributed by atoms with Crippen LogP contribution in [0.2, 0.25) is 0 Å². The minimum Gasteiger partial charge on any atom is -0.493 e. The normalized spacial score (nSPS) is 15.8. The third kappa shape index (κ3) is 3.84. The number of aryl methyl sites for hydroxylation is 2. The summed E-state index contributed by atoms with van der Waals surface area (Å²) in [7, 11) is 0. The summed E-state index contributed by atoms with van der Waals surface area (Å²) in [5.74, 6) is 1.54. The first-order chi connectivity index (χ1) is 14.4. The Morgan fingerprint density at radius 1 is 1.23 bits per heavy atom. The first kappa shape index (κ1) is 20.2. The zero-order valence-corrected chi connectivity index (χ0v) is 17.6. The van der Waals surface area contributed by atoms with Crippen LogP contribution < -0.4 is 4.74 Å². The minimum atomic E-state index is -0.769. The van der Waals surface area contributed by atoms with Gasteiger partial charge in [-0.1, -0.05) is 24.3 Å². The number of carboxylic acids is 1. The fourth-order valence-electron chi connectivity index (χ4n) is 4.21. The molecule has 1 heterocycles. The molecule has 30 heavy (non-hydrogen) atoms. The van der Waals surface area contributed by atoms with E-state index in [2.05, 4.69) is 11.1 Å². The van der Waals surface area contributed by atoms with E-state index in [0.717, 1.165) is 41.2 Å². The quantitative estimate of drug-likeness (QED) is 0.569. The molecule has 4 rings (SSSR count). The number of aliphatic carboxylic acids is 1. The van der Waals surface area contributed by atoms with Gasteiger partial charge in [0.1, 0.15) is 11.5 Å². The number of rotatable bonds is 7. The molecular formula is C25H27NO4. The molecular weight excluding hydrogens is 378 g/mol. The van der Waals surface area contributed by atoms with E-state index in [-0.39, 0.29) is 5.92 Å². The van der Waals surface area contributed by atoms with Crippen molar-refractivity contribution in [3.8, 4) is 17.2 Å². The number of benzene rings is 2. The van der Waals surface area contributed by atoms with E-state index < -0.39 is 11.4 Å². The zero-order chi connectivity index (χ0) is 21.3. The van der Waals surface area contributed by atoms with Gasteiger partial charge in [-0.15, -0.1) is 0 Å². The molecule has 1 atom stereocenters. The minimum absolute atomic E-state index is 0.0354. The number of aromatic nitrogens is 1. The molecule has 0 saturated heterocycles. The standard InChI is InChI=1S/C25H27NO4/c1-16-22(26-23(30-16)17-7-5-4-6-8-17)13-14-29-19-10-11-20-18(15-19)9-12-21(20)25(2,3)24(27)28/h4-8,10-11,15,21H,9,12-14H2,1-3H3,(H,27,28). The van der Waals surface area contributed by atoms with Crippen molar-refractivity contribution in [3.05, 3.63) is 71.1 Å². The fourth-order valence-corrected chi connectivity index (χ4v) is 4.21. The average Bonchev–Trinajstić information content (AvgIpc) is 3.32. The van der Waals surface area contributed by atoms with Crippen molar-refractivity contribution in [1.82, 2.24) is 4.98 Å². The maximum Gasteiger partial charge on any atom is 0.309 e. The SMILES string of the molecule is Cc1oc(-c2ccccc2)nc1CCOc1ccc2c(c1)CCC2C(C)(C)C(=O)O. The van der Waals surface area contributed by atoms with Gasteiger partial charge in [-0.05, 0) is 69.0 Å². The molecule has 1 unspecified atom stereocenters. The lowest BCUT2D eigenvalue weighted by atomic mass is 9.76. The summed E-state index contributed by atoms with van der Waals surface area (Å²) in [6, 6.07) is 15.9. The van der Waals surface area contributed by atoms with Crippen LogP contribution in [0, 0.1) is 12.3 Å². The molecule has 0 spiro atoms. The number of hydrogen-bond acceptors (Lipinski definition) is 4. The van der Waals surface area contributed by atoms with E-state index in [0.29, 0.717) is 18.9 Å². The van der Waals surface area contributed by atoms with Gasteiger partial charge in [-0.3, -0.25) is 4.79 Å². The van der Waals surface area contributed by atoms with E-state index in [1.165, 1.54) is 5.56 Å². The molecule has 0 saturated carbocycles. The maximum atomic E-state index is 11.6. The van der Waals surface area contributed by atoms with E-state index >= 15 is 0 Å². The number of fused-ring (bicyclic) bond motifs is 1. The molecule has 0 radical (unpaired) electrons. The van der Waals surface area contributed by atoms with Crippen molar-refractivity contribution < 1.29 is 19.1 Å². The van der Waals surface area contributed by atoms with Crippen molar-refractivity contribution in [2.24, 2.45) is 5.41 Å². The van der Waals surface area contributed by atoms with E-state index in [9.17, 15) is 9.90 Å². The highest BCUT2D eigenvalue weighted by Gasteiger charge is 2.41. The van der Waals surface area contributed by atoms with Gasteiger partial charge in [0.15, 0.2) is 0 Å². The summed E-state index contributed by atoms with van der Waals surface area (Å²) >= 11 is 0. The van der Waals surface area contributed by atoms with Crippen molar-refractivity contribution in [2.45, 2.75) is 46.0 Å². The summed E-state index contributed by atoms with van der Waals surface area (Å²) in [5.41, 5.74) is 3.42. The van der Waals surface area contributed by atoms with Gasteiger partial charge < -0.3 is 14.3 Å². The van der Waals surface area contributed by atoms with Crippen LogP contribution in [-0.4, -0.2) is 22.7 Å². The van der Waals surface area contributed by atoms with E-state index in [1.807, 2.05) is 63.2 Å². The Morgan fingerprint density at radius 2 is 2.00 bits per heavy atom. The molecule has 1 aliphatic rings. The molecule has 1 aromatic heterocycles. The first-order valence-corrected chi connectivity index (χ1v) is 10.4. The van der Waals surface area contributed by atoms with Crippen LogP contribution in [0.15, 0.2) is 52.9 Å². The Bertz CT molecular complexity index is 1050. The predicted molar refractivity (Wildman–Crippen MR) is 115 cm³/mol. The van der Waals surface area contributed by atoms with Gasteiger partial charge in [-0.25, -0.2) is 4.98 Å². The highest BCUT2D eigenvalue weighted by atomic mass is 16.5. The molecule has 3 aromatic rings. The largest absolute Gasteiger partial charge is 0.493 e. The van der Waals surface area contributed by atoms with Crippen LogP contribution in [0.4, 0.5) is 0 Å². The molecule has 1 aliphatic carbocycles. The Balaban J connectivity index is 1.40. The molecule has 2 aromatic carbocycles. The third-order valence-corrected chi connectivity index (χ3v) is 6.14. The summed E-state index contributed by atoms with van der Waals surface area (Å²) in [4.78, 5) is 16.3. The molecule has 0 fully saturated rings. The van der Waals surface area contributed by atoms with Crippen LogP contribution >= 0.6 is 0 Å². The zero-order valence-electron chi connectivity index (χ0n) is 17.6. The molecule has 5 heteroatoms. The number of nitrogens with zero attached hydrogens (tertiary/aromatic N) is 1. The maximum absolute atomic E-state index is 11.6. The van der Waals surface area contributed by atoms with Crippen LogP contribution in [0.3, 0.4) is 0 Å². The van der Waals surface area contributed by atoms with Crippen LogP contribution in [0.25, 0.3) is 11.5 Å². The second-order valence-electron chi connectivity index (χ2n) is 8.47. The van der Waals surface area contributed by atoms with E-state index in [1.54, 1.807) is 0 Å². The van der Waals surface area contributed by atoms with Gasteiger partial charge in [0, 0.05) is 17.9 Å². The summed E-state index contributed by atoms with van der Waals surface area (Å²) in [5, 5.41) is 9.56. The van der Waals surface area contributed by atoms with Crippen molar-refractivity contribution in [3.63, 3.8) is 0 Å². The molecule has 0 aliphatic heterocycles. The average molecular weight is 405 g/mol. The number of ether oxygens (including phenoxy) is 1.